The Morgan fingerprint density at radius 2 is 1.87 bits per heavy atom. The second kappa shape index (κ2) is 11.2. The topological polar surface area (TPSA) is 83.1 Å². The van der Waals surface area contributed by atoms with Crippen LogP contribution in [0.5, 0.6) is 0 Å². The Morgan fingerprint density at radius 3 is 2.56 bits per heavy atom. The van der Waals surface area contributed by atoms with Gasteiger partial charge in [-0.05, 0) is 43.3 Å². The first-order chi connectivity index (χ1) is 18.8. The van der Waals surface area contributed by atoms with Gasteiger partial charge in [-0.25, -0.2) is 9.78 Å². The molecule has 5 rings (SSSR count). The third-order valence-corrected chi connectivity index (χ3v) is 7.77. The van der Waals surface area contributed by atoms with Crippen LogP contribution >= 0.6 is 23.2 Å². The van der Waals surface area contributed by atoms with E-state index in [1.165, 1.54) is 0 Å². The number of halogens is 2. The number of nitrogens with zero attached hydrogens (tertiary/aromatic N) is 4. The highest BCUT2D eigenvalue weighted by Gasteiger charge is 2.33. The van der Waals surface area contributed by atoms with Gasteiger partial charge in [0.2, 0.25) is 5.95 Å². The first kappa shape index (κ1) is 26.9. The molecule has 4 aromatic rings. The molecule has 200 valence electrons. The van der Waals surface area contributed by atoms with Crippen LogP contribution in [0.15, 0.2) is 73.7 Å². The van der Waals surface area contributed by atoms with E-state index in [0.29, 0.717) is 34.6 Å². The lowest BCUT2D eigenvalue weighted by atomic mass is 10.00. The Bertz CT molecular complexity index is 1520. The molecular weight excluding hydrogens is 535 g/mol. The maximum absolute atomic E-state index is 13.6. The van der Waals surface area contributed by atoms with Gasteiger partial charge in [-0.1, -0.05) is 35.3 Å². The molecule has 1 unspecified atom stereocenters. The highest BCUT2D eigenvalue weighted by molar-refractivity contribution is 6.42. The van der Waals surface area contributed by atoms with Gasteiger partial charge in [0.15, 0.2) is 0 Å². The number of H-pyrrole nitrogens is 1. The van der Waals surface area contributed by atoms with Crippen LogP contribution in [0, 0.1) is 6.92 Å². The van der Waals surface area contributed by atoms with E-state index < -0.39 is 0 Å². The number of morpholine rings is 1. The van der Waals surface area contributed by atoms with Crippen molar-refractivity contribution < 1.29 is 9.53 Å². The van der Waals surface area contributed by atoms with Gasteiger partial charge in [-0.2, -0.15) is 4.48 Å². The van der Waals surface area contributed by atoms with Crippen LogP contribution in [0.4, 0.5) is 22.1 Å². The van der Waals surface area contributed by atoms with Crippen LogP contribution in [0.1, 0.15) is 5.56 Å². The molecule has 1 fully saturated rings. The van der Waals surface area contributed by atoms with Crippen LogP contribution in [0.2, 0.25) is 10.0 Å². The van der Waals surface area contributed by atoms with Gasteiger partial charge in [-0.3, -0.25) is 10.3 Å². The minimum absolute atomic E-state index is 0.228. The number of nitrogens with one attached hydrogen (secondary N) is 2. The number of hydrogen-bond donors (Lipinski definition) is 2. The van der Waals surface area contributed by atoms with Gasteiger partial charge < -0.3 is 14.6 Å². The quantitative estimate of drug-likeness (QED) is 0.249. The molecule has 1 aliphatic rings. The van der Waals surface area contributed by atoms with Crippen molar-refractivity contribution >= 4 is 46.6 Å². The fraction of sp³-hybridized carbons (Fsp3) is 0.207. The van der Waals surface area contributed by atoms with Gasteiger partial charge in [0.25, 0.3) is 0 Å². The molecule has 0 radical (unpaired) electrons. The van der Waals surface area contributed by atoms with Gasteiger partial charge >= 0.3 is 6.03 Å². The van der Waals surface area contributed by atoms with Gasteiger partial charge in [-0.15, -0.1) is 0 Å². The molecule has 0 spiro atoms. The zero-order valence-electron chi connectivity index (χ0n) is 21.7. The molecule has 0 aliphatic carbocycles. The number of rotatable bonds is 6. The van der Waals surface area contributed by atoms with Gasteiger partial charge in [0.1, 0.15) is 11.9 Å². The summed E-state index contributed by atoms with van der Waals surface area (Å²) in [5.41, 5.74) is 5.74. The lowest BCUT2D eigenvalue weighted by Crippen LogP contribution is -2.48. The van der Waals surface area contributed by atoms with Gasteiger partial charge in [0, 0.05) is 54.4 Å². The molecule has 8 nitrogen and oxygen atoms in total. The molecule has 2 aromatic carbocycles. The molecule has 2 aromatic heterocycles. The predicted molar refractivity (Wildman–Crippen MR) is 158 cm³/mol. The zero-order valence-corrected chi connectivity index (χ0v) is 23.3. The Labute approximate surface area is 237 Å². The number of ether oxygens (including phenoxy) is 1. The number of aromatic amines is 1. The Morgan fingerprint density at radius 1 is 1.13 bits per heavy atom. The number of pyridine rings is 1. The second-order valence-corrected chi connectivity index (χ2v) is 10.2. The number of quaternary nitrogens is 1. The van der Waals surface area contributed by atoms with Crippen LogP contribution in [0.25, 0.3) is 22.5 Å². The first-order valence-corrected chi connectivity index (χ1v) is 13.3. The summed E-state index contributed by atoms with van der Waals surface area (Å²) in [6.45, 7) is 8.70. The summed E-state index contributed by atoms with van der Waals surface area (Å²) in [5.74, 6) is 0.782. The monoisotopic (exact) mass is 563 g/mol. The molecule has 0 bridgehead atoms. The van der Waals surface area contributed by atoms with Crippen molar-refractivity contribution in [1.82, 2.24) is 19.4 Å². The number of hydrogen-bond acceptors (Lipinski definition) is 5. The molecular formula is C29H29Cl2N6O2+. The summed E-state index contributed by atoms with van der Waals surface area (Å²) < 4.78 is 5.30. The zero-order chi connectivity index (χ0) is 27.6. The summed E-state index contributed by atoms with van der Waals surface area (Å²) in [5, 5.41) is 3.87. The maximum Gasteiger partial charge on any atom is 0.430 e. The van der Waals surface area contributed by atoms with E-state index in [1.54, 1.807) is 43.8 Å². The van der Waals surface area contributed by atoms with Crippen LogP contribution in [0.3, 0.4) is 0 Å². The van der Waals surface area contributed by atoms with E-state index in [0.717, 1.165) is 47.1 Å². The van der Waals surface area contributed by atoms with Crippen molar-refractivity contribution in [3.05, 3.63) is 89.3 Å². The van der Waals surface area contributed by atoms with E-state index in [4.69, 9.17) is 32.9 Å². The van der Waals surface area contributed by atoms with Crippen LogP contribution in [-0.2, 0) is 4.74 Å². The SMILES string of the molecule is C=C[N+](C)(C(=O)Nc1cccc(-c2[nH]c(N3CCOCC3)nc2-c2ccncc2)c1C)c1ccc(Cl)c(Cl)c1. The van der Waals surface area contributed by atoms with Crippen molar-refractivity contribution in [1.29, 1.82) is 0 Å². The van der Waals surface area contributed by atoms with E-state index in [-0.39, 0.29) is 10.5 Å². The number of imidazole rings is 1. The lowest BCUT2D eigenvalue weighted by Gasteiger charge is -2.27. The molecule has 1 aliphatic heterocycles. The fourth-order valence-corrected chi connectivity index (χ4v) is 4.84. The fourth-order valence-electron chi connectivity index (χ4n) is 4.55. The van der Waals surface area contributed by atoms with Crippen molar-refractivity contribution in [3.8, 4) is 22.5 Å². The molecule has 1 saturated heterocycles. The summed E-state index contributed by atoms with van der Waals surface area (Å²) in [6.07, 6.45) is 5.06. The second-order valence-electron chi connectivity index (χ2n) is 9.38. The minimum atomic E-state index is -0.295. The summed E-state index contributed by atoms with van der Waals surface area (Å²) >= 11 is 12.3. The number of carbonyl (C=O) groups is 1. The number of anilines is 2. The van der Waals surface area contributed by atoms with Gasteiger partial charge in [0.05, 0.1) is 41.7 Å². The number of urea groups is 1. The Balaban J connectivity index is 1.53. The summed E-state index contributed by atoms with van der Waals surface area (Å²) in [4.78, 5) is 28.5. The van der Waals surface area contributed by atoms with Crippen molar-refractivity contribution in [2.24, 2.45) is 0 Å². The molecule has 10 heteroatoms. The number of aromatic nitrogens is 3. The average Bonchev–Trinajstić information content (AvgIpc) is 3.41. The third kappa shape index (κ3) is 5.29. The van der Waals surface area contributed by atoms with E-state index >= 15 is 0 Å². The first-order valence-electron chi connectivity index (χ1n) is 12.5. The standard InChI is InChI=1S/C29H28Cl2N6O2/c1-4-37(3,21-8-9-23(30)24(31)18-21)29(38)33-25-7-5-6-22(19(25)2)27-26(20-10-12-32-13-11-20)34-28(35-27)36-14-16-39-17-15-36/h4-13,18H,1,14-17H2,2-3H3,(H-,32,33,34,35,38)/p+1. The normalized spacial score (nSPS) is 15.0. The van der Waals surface area contributed by atoms with E-state index in [9.17, 15) is 4.79 Å². The highest BCUT2D eigenvalue weighted by Crippen LogP contribution is 2.37. The van der Waals surface area contributed by atoms with Crippen molar-refractivity contribution in [2.45, 2.75) is 6.92 Å². The van der Waals surface area contributed by atoms with Crippen molar-refractivity contribution in [3.63, 3.8) is 0 Å². The van der Waals surface area contributed by atoms with Crippen molar-refractivity contribution in [2.75, 3.05) is 43.6 Å². The number of amides is 2. The molecule has 2 amide bonds. The maximum atomic E-state index is 13.6. The highest BCUT2D eigenvalue weighted by atomic mass is 35.5. The molecule has 2 N–H and O–H groups in total. The average molecular weight is 564 g/mol. The Kier molecular flexibility index (Phi) is 7.72. The largest absolute Gasteiger partial charge is 0.430 e. The summed E-state index contributed by atoms with van der Waals surface area (Å²) in [6, 6.07) is 14.5. The number of benzene rings is 2. The van der Waals surface area contributed by atoms with E-state index in [2.05, 4.69) is 26.8 Å². The molecule has 1 atom stereocenters. The van der Waals surface area contributed by atoms with E-state index in [1.807, 2.05) is 37.3 Å². The number of carbonyl (C=O) groups excluding carboxylic acids is 1. The Hall–Kier alpha value is -3.69. The smallest absolute Gasteiger partial charge is 0.378 e. The van der Waals surface area contributed by atoms with Crippen LogP contribution < -0.4 is 14.7 Å². The lowest BCUT2D eigenvalue weighted by molar-refractivity contribution is 0.122. The molecule has 0 saturated carbocycles. The van der Waals surface area contributed by atoms with Crippen LogP contribution in [-0.4, -0.2) is 54.3 Å². The third-order valence-electron chi connectivity index (χ3n) is 7.03. The minimum Gasteiger partial charge on any atom is -0.378 e. The molecule has 39 heavy (non-hydrogen) atoms. The molecule has 3 heterocycles. The predicted octanol–water partition coefficient (Wildman–Crippen LogP) is 6.90. The summed E-state index contributed by atoms with van der Waals surface area (Å²) in [7, 11) is 1.74.